The van der Waals surface area contributed by atoms with Crippen molar-refractivity contribution in [2.75, 3.05) is 0 Å². The summed E-state index contributed by atoms with van der Waals surface area (Å²) in [5, 5.41) is 9.95. The number of rotatable bonds is 4. The Bertz CT molecular complexity index is 1070. The zero-order valence-electron chi connectivity index (χ0n) is 14.5. The molecule has 1 aliphatic carbocycles. The molecule has 0 atom stereocenters. The van der Waals surface area contributed by atoms with E-state index in [1.54, 1.807) is 11.3 Å². The molecule has 0 amide bonds. The van der Waals surface area contributed by atoms with Gasteiger partial charge in [0.1, 0.15) is 4.83 Å². The molecule has 132 valence electrons. The highest BCUT2D eigenvalue weighted by Crippen LogP contribution is 2.39. The third-order valence-electron chi connectivity index (χ3n) is 5.11. The van der Waals surface area contributed by atoms with Crippen LogP contribution in [0.3, 0.4) is 0 Å². The molecule has 1 aliphatic rings. The van der Waals surface area contributed by atoms with Gasteiger partial charge in [-0.1, -0.05) is 35.5 Å². The number of nitrogens with two attached hydrogens (primary N) is 1. The van der Waals surface area contributed by atoms with Crippen LogP contribution in [0.2, 0.25) is 0 Å². The predicted octanol–water partition coefficient (Wildman–Crippen LogP) is 3.84. The predicted molar refractivity (Wildman–Crippen MR) is 101 cm³/mol. The molecule has 1 aromatic carbocycles. The Hall–Kier alpha value is -2.51. The van der Waals surface area contributed by atoms with E-state index < -0.39 is 5.54 Å². The molecular weight excluding hydrogens is 346 g/mol. The van der Waals surface area contributed by atoms with Crippen molar-refractivity contribution >= 4 is 21.6 Å². The molecule has 0 saturated heterocycles. The lowest BCUT2D eigenvalue weighted by atomic mass is 9.77. The average molecular weight is 365 g/mol. The summed E-state index contributed by atoms with van der Waals surface area (Å²) >= 11 is 1.63. The van der Waals surface area contributed by atoms with E-state index in [-0.39, 0.29) is 0 Å². The van der Waals surface area contributed by atoms with Crippen molar-refractivity contribution in [2.45, 2.75) is 38.3 Å². The number of thiophene rings is 1. The first-order valence-corrected chi connectivity index (χ1v) is 9.58. The van der Waals surface area contributed by atoms with Crippen molar-refractivity contribution in [1.29, 1.82) is 0 Å². The van der Waals surface area contributed by atoms with Gasteiger partial charge in [-0.05, 0) is 37.8 Å². The summed E-state index contributed by atoms with van der Waals surface area (Å²) in [7, 11) is 0. The lowest BCUT2D eigenvalue weighted by Crippen LogP contribution is -2.44. The van der Waals surface area contributed by atoms with E-state index in [9.17, 15) is 0 Å². The Morgan fingerprint density at radius 3 is 2.81 bits per heavy atom. The Kier molecular flexibility index (Phi) is 3.48. The first-order chi connectivity index (χ1) is 12.6. The van der Waals surface area contributed by atoms with Crippen LogP contribution < -0.4 is 5.73 Å². The van der Waals surface area contributed by atoms with Crippen molar-refractivity contribution in [3.63, 3.8) is 0 Å². The number of hydrogen-bond acceptors (Lipinski definition) is 6. The van der Waals surface area contributed by atoms with Gasteiger partial charge < -0.3 is 10.3 Å². The second-order valence-electron chi connectivity index (χ2n) is 6.99. The molecule has 5 rings (SSSR count). The number of aromatic nitrogens is 4. The highest BCUT2D eigenvalue weighted by Gasteiger charge is 2.39. The molecule has 0 aliphatic heterocycles. The van der Waals surface area contributed by atoms with E-state index in [0.29, 0.717) is 11.7 Å². The van der Waals surface area contributed by atoms with E-state index in [2.05, 4.69) is 33.4 Å². The minimum absolute atomic E-state index is 0.404. The Labute approximate surface area is 154 Å². The van der Waals surface area contributed by atoms with Gasteiger partial charge >= 0.3 is 0 Å². The van der Waals surface area contributed by atoms with Crippen molar-refractivity contribution in [2.24, 2.45) is 5.73 Å². The van der Waals surface area contributed by atoms with E-state index in [1.165, 1.54) is 5.56 Å². The SMILES string of the molecule is Cc1nn(Cc2ccccc2)c2sc(-c3nc(C4(N)CCC4)no3)cc12. The van der Waals surface area contributed by atoms with E-state index in [1.807, 2.05) is 29.8 Å². The summed E-state index contributed by atoms with van der Waals surface area (Å²) in [6.07, 6.45) is 2.96. The van der Waals surface area contributed by atoms with Gasteiger partial charge in [-0.2, -0.15) is 10.1 Å². The molecule has 2 N–H and O–H groups in total. The number of nitrogens with zero attached hydrogens (tertiary/aromatic N) is 4. The number of aryl methyl sites for hydroxylation is 1. The lowest BCUT2D eigenvalue weighted by molar-refractivity contribution is 0.229. The molecule has 26 heavy (non-hydrogen) atoms. The van der Waals surface area contributed by atoms with Gasteiger partial charge in [0.25, 0.3) is 5.89 Å². The van der Waals surface area contributed by atoms with Gasteiger partial charge in [0.05, 0.1) is 22.7 Å². The van der Waals surface area contributed by atoms with E-state index >= 15 is 0 Å². The summed E-state index contributed by atoms with van der Waals surface area (Å²) in [5.41, 5.74) is 8.14. The largest absolute Gasteiger partial charge is 0.333 e. The molecular formula is C19H19N5OS. The minimum Gasteiger partial charge on any atom is -0.333 e. The summed E-state index contributed by atoms with van der Waals surface area (Å²) < 4.78 is 7.55. The third kappa shape index (κ3) is 2.47. The summed E-state index contributed by atoms with van der Waals surface area (Å²) in [4.78, 5) is 6.65. The molecule has 0 bridgehead atoms. The number of benzene rings is 1. The molecule has 1 saturated carbocycles. The molecule has 0 unspecified atom stereocenters. The second-order valence-corrected chi connectivity index (χ2v) is 8.02. The Balaban J connectivity index is 1.51. The molecule has 7 heteroatoms. The standard InChI is InChI=1S/C19H19N5OS/c1-12-14-10-15(16-21-18(23-25-16)19(20)8-5-9-19)26-17(14)24(22-12)11-13-6-3-2-4-7-13/h2-4,6-7,10H,5,8-9,11,20H2,1H3. The van der Waals surface area contributed by atoms with Gasteiger partial charge in [0.15, 0.2) is 5.82 Å². The topological polar surface area (TPSA) is 82.8 Å². The fourth-order valence-electron chi connectivity index (χ4n) is 3.39. The number of fused-ring (bicyclic) bond motifs is 1. The molecule has 0 spiro atoms. The smallest absolute Gasteiger partial charge is 0.268 e. The zero-order valence-corrected chi connectivity index (χ0v) is 15.3. The molecule has 4 aromatic rings. The maximum Gasteiger partial charge on any atom is 0.268 e. The van der Waals surface area contributed by atoms with Crippen LogP contribution in [0.4, 0.5) is 0 Å². The maximum atomic E-state index is 6.31. The van der Waals surface area contributed by atoms with Gasteiger partial charge in [-0.25, -0.2) is 0 Å². The van der Waals surface area contributed by atoms with Crippen molar-refractivity contribution < 1.29 is 4.52 Å². The van der Waals surface area contributed by atoms with Gasteiger partial charge in [-0.3, -0.25) is 4.68 Å². The normalized spacial score (nSPS) is 16.1. The molecule has 6 nitrogen and oxygen atoms in total. The van der Waals surface area contributed by atoms with Crippen LogP contribution in [0, 0.1) is 6.92 Å². The van der Waals surface area contributed by atoms with Crippen molar-refractivity contribution in [3.05, 3.63) is 53.5 Å². The fraction of sp³-hybridized carbons (Fsp3) is 0.316. The highest BCUT2D eigenvalue weighted by atomic mass is 32.1. The lowest BCUT2D eigenvalue weighted by Gasteiger charge is -2.34. The molecule has 0 radical (unpaired) electrons. The van der Waals surface area contributed by atoms with E-state index in [0.717, 1.165) is 46.6 Å². The van der Waals surface area contributed by atoms with Gasteiger partial charge in [0, 0.05) is 5.39 Å². The molecule has 3 aromatic heterocycles. The monoisotopic (exact) mass is 365 g/mol. The third-order valence-corrected chi connectivity index (χ3v) is 6.25. The van der Waals surface area contributed by atoms with Gasteiger partial charge in [0.2, 0.25) is 0 Å². The van der Waals surface area contributed by atoms with Crippen molar-refractivity contribution in [3.8, 4) is 10.8 Å². The van der Waals surface area contributed by atoms with Crippen LogP contribution in [0.5, 0.6) is 0 Å². The quantitative estimate of drug-likeness (QED) is 0.594. The van der Waals surface area contributed by atoms with Crippen molar-refractivity contribution in [1.82, 2.24) is 19.9 Å². The second kappa shape index (κ2) is 5.75. The Morgan fingerprint density at radius 1 is 1.27 bits per heavy atom. The molecule has 3 heterocycles. The average Bonchev–Trinajstić information content (AvgIpc) is 3.31. The first-order valence-electron chi connectivity index (χ1n) is 8.77. The van der Waals surface area contributed by atoms with Crippen LogP contribution in [-0.2, 0) is 12.1 Å². The van der Waals surface area contributed by atoms with Crippen LogP contribution in [0.25, 0.3) is 21.0 Å². The Morgan fingerprint density at radius 2 is 2.08 bits per heavy atom. The minimum atomic E-state index is -0.404. The molecule has 1 fully saturated rings. The first kappa shape index (κ1) is 15.7. The van der Waals surface area contributed by atoms with Crippen LogP contribution in [0.15, 0.2) is 40.9 Å². The summed E-state index contributed by atoms with van der Waals surface area (Å²) in [5.74, 6) is 1.17. The zero-order chi connectivity index (χ0) is 17.7. The fourth-order valence-corrected chi connectivity index (χ4v) is 4.47. The van der Waals surface area contributed by atoms with E-state index in [4.69, 9.17) is 10.3 Å². The van der Waals surface area contributed by atoms with Gasteiger partial charge in [-0.15, -0.1) is 11.3 Å². The maximum absolute atomic E-state index is 6.31. The number of hydrogen-bond donors (Lipinski definition) is 1. The van der Waals surface area contributed by atoms with Crippen LogP contribution in [0.1, 0.15) is 36.3 Å². The summed E-state index contributed by atoms with van der Waals surface area (Å²) in [6.45, 7) is 2.77. The summed E-state index contributed by atoms with van der Waals surface area (Å²) in [6, 6.07) is 12.4. The van der Waals surface area contributed by atoms with Crippen LogP contribution in [-0.4, -0.2) is 19.9 Å². The highest BCUT2D eigenvalue weighted by molar-refractivity contribution is 7.21. The van der Waals surface area contributed by atoms with Crippen LogP contribution >= 0.6 is 11.3 Å².